The third-order valence-electron chi connectivity index (χ3n) is 2.40. The Morgan fingerprint density at radius 3 is 2.68 bits per heavy atom. The topological polar surface area (TPSA) is 71.2 Å². The maximum atomic E-state index is 11.7. The monoisotopic (exact) mass is 260 g/mol. The smallest absolute Gasteiger partial charge is 0.412 e. The van der Waals surface area contributed by atoms with Gasteiger partial charge in [-0.1, -0.05) is 0 Å². The van der Waals surface area contributed by atoms with Gasteiger partial charge in [0.2, 0.25) is 0 Å². The lowest BCUT2D eigenvalue weighted by molar-refractivity contribution is 0.0636. The Balaban J connectivity index is 2.25. The normalized spacial score (nSPS) is 11.3. The van der Waals surface area contributed by atoms with Gasteiger partial charge in [0.25, 0.3) is 0 Å². The lowest BCUT2D eigenvalue weighted by atomic mass is 10.2. The number of pyridine rings is 1. The molecule has 100 valence electrons. The second-order valence-electron chi connectivity index (χ2n) is 5.23. The van der Waals surface area contributed by atoms with Crippen LogP contribution >= 0.6 is 0 Å². The number of hydrogen-bond acceptors (Lipinski definition) is 3. The van der Waals surface area contributed by atoms with Crippen LogP contribution in [0.25, 0.3) is 10.9 Å². The highest BCUT2D eigenvalue weighted by atomic mass is 16.6. The molecule has 0 aliphatic carbocycles. The van der Waals surface area contributed by atoms with Crippen molar-refractivity contribution in [2.75, 3.05) is 5.32 Å². The third kappa shape index (κ3) is 3.34. The molecule has 2 rings (SSSR count). The zero-order chi connectivity index (χ0) is 14.0. The van der Waals surface area contributed by atoms with Gasteiger partial charge in [0.05, 0.1) is 0 Å². The van der Waals surface area contributed by atoms with Crippen molar-refractivity contribution in [2.24, 2.45) is 0 Å². The molecule has 1 aromatic carbocycles. The predicted molar refractivity (Wildman–Crippen MR) is 74.4 cm³/mol. The summed E-state index contributed by atoms with van der Waals surface area (Å²) in [5, 5.41) is 3.13. The van der Waals surface area contributed by atoms with Crippen molar-refractivity contribution in [3.05, 3.63) is 40.7 Å². The molecule has 5 nitrogen and oxygen atoms in total. The van der Waals surface area contributed by atoms with Gasteiger partial charge in [-0.25, -0.2) is 4.79 Å². The number of aromatic nitrogens is 1. The number of nitrogens with one attached hydrogen (secondary N) is 2. The second-order valence-corrected chi connectivity index (χ2v) is 5.23. The molecule has 1 amide bonds. The molecule has 1 aromatic heterocycles. The molecule has 0 spiro atoms. The van der Waals surface area contributed by atoms with Crippen LogP contribution in [0.4, 0.5) is 10.5 Å². The fourth-order valence-corrected chi connectivity index (χ4v) is 1.67. The van der Waals surface area contributed by atoms with E-state index < -0.39 is 11.7 Å². The van der Waals surface area contributed by atoms with Crippen molar-refractivity contribution < 1.29 is 9.53 Å². The minimum absolute atomic E-state index is 0.0958. The highest BCUT2D eigenvalue weighted by Gasteiger charge is 2.16. The van der Waals surface area contributed by atoms with Crippen LogP contribution in [0, 0.1) is 0 Å². The van der Waals surface area contributed by atoms with Crippen LogP contribution in [0.2, 0.25) is 0 Å². The van der Waals surface area contributed by atoms with Crippen LogP contribution in [-0.2, 0) is 4.74 Å². The zero-order valence-electron chi connectivity index (χ0n) is 11.1. The number of carbonyl (C=O) groups is 1. The molecule has 19 heavy (non-hydrogen) atoms. The Labute approximate surface area is 110 Å². The molecule has 2 aromatic rings. The van der Waals surface area contributed by atoms with E-state index in [9.17, 15) is 9.59 Å². The van der Waals surface area contributed by atoms with Crippen LogP contribution in [-0.4, -0.2) is 16.7 Å². The summed E-state index contributed by atoms with van der Waals surface area (Å²) in [4.78, 5) is 26.3. The van der Waals surface area contributed by atoms with Crippen LogP contribution in [0.15, 0.2) is 35.3 Å². The first-order valence-corrected chi connectivity index (χ1v) is 5.97. The van der Waals surface area contributed by atoms with Crippen molar-refractivity contribution in [2.45, 2.75) is 26.4 Å². The Morgan fingerprint density at radius 1 is 1.26 bits per heavy atom. The maximum absolute atomic E-state index is 11.7. The summed E-state index contributed by atoms with van der Waals surface area (Å²) in [6.07, 6.45) is 1.05. The summed E-state index contributed by atoms with van der Waals surface area (Å²) in [6.45, 7) is 5.37. The Hall–Kier alpha value is -2.30. The summed E-state index contributed by atoms with van der Waals surface area (Å²) in [5.41, 5.74) is 0.598. The van der Waals surface area contributed by atoms with Crippen LogP contribution < -0.4 is 10.7 Å². The van der Waals surface area contributed by atoms with E-state index in [0.717, 1.165) is 5.52 Å². The summed E-state index contributed by atoms with van der Waals surface area (Å²) >= 11 is 0. The molecular weight excluding hydrogens is 244 g/mol. The van der Waals surface area contributed by atoms with Gasteiger partial charge in [0.1, 0.15) is 5.60 Å². The quantitative estimate of drug-likeness (QED) is 0.828. The molecule has 0 radical (unpaired) electrons. The number of fused-ring (bicyclic) bond motifs is 1. The third-order valence-corrected chi connectivity index (χ3v) is 2.40. The number of anilines is 1. The van der Waals surface area contributed by atoms with Crippen molar-refractivity contribution in [3.63, 3.8) is 0 Å². The summed E-state index contributed by atoms with van der Waals surface area (Å²) in [6, 6.07) is 6.52. The van der Waals surface area contributed by atoms with Crippen LogP contribution in [0.5, 0.6) is 0 Å². The second kappa shape index (κ2) is 4.76. The molecule has 0 aliphatic rings. The van der Waals surface area contributed by atoms with Crippen molar-refractivity contribution in [1.29, 1.82) is 0 Å². The fourth-order valence-electron chi connectivity index (χ4n) is 1.67. The predicted octanol–water partition coefficient (Wildman–Crippen LogP) is 2.88. The van der Waals surface area contributed by atoms with Gasteiger partial charge in [-0.15, -0.1) is 0 Å². The number of ether oxygens (including phenoxy) is 1. The molecule has 0 aliphatic heterocycles. The van der Waals surface area contributed by atoms with E-state index in [2.05, 4.69) is 10.3 Å². The van der Waals surface area contributed by atoms with Gasteiger partial charge < -0.3 is 9.72 Å². The molecule has 0 bridgehead atoms. The first-order chi connectivity index (χ1) is 8.85. The molecule has 2 N–H and O–H groups in total. The minimum atomic E-state index is -0.557. The molecular formula is C14H16N2O3. The van der Waals surface area contributed by atoms with E-state index in [4.69, 9.17) is 4.74 Å². The first kappa shape index (κ1) is 13.1. The number of rotatable bonds is 1. The average Bonchev–Trinajstić information content (AvgIpc) is 2.27. The number of benzene rings is 1. The number of amides is 1. The van der Waals surface area contributed by atoms with E-state index >= 15 is 0 Å². The van der Waals surface area contributed by atoms with Gasteiger partial charge >= 0.3 is 6.09 Å². The Morgan fingerprint density at radius 2 is 2.00 bits per heavy atom. The lowest BCUT2D eigenvalue weighted by Gasteiger charge is -2.19. The van der Waals surface area contributed by atoms with E-state index in [1.165, 1.54) is 6.07 Å². The largest absolute Gasteiger partial charge is 0.444 e. The number of aromatic amines is 1. The summed E-state index contributed by atoms with van der Waals surface area (Å²) in [5.74, 6) is 0. The molecule has 1 heterocycles. The van der Waals surface area contributed by atoms with Crippen molar-refractivity contribution >= 4 is 22.7 Å². The number of carbonyl (C=O) groups excluding carboxylic acids is 1. The van der Waals surface area contributed by atoms with Gasteiger partial charge in [-0.3, -0.25) is 10.1 Å². The van der Waals surface area contributed by atoms with Gasteiger partial charge in [0.15, 0.2) is 5.43 Å². The SMILES string of the molecule is CC(C)(C)OC(=O)Nc1ccc2[nH]ccc(=O)c2c1. The lowest BCUT2D eigenvalue weighted by Crippen LogP contribution is -2.27. The molecule has 0 fully saturated rings. The van der Waals surface area contributed by atoms with Crippen molar-refractivity contribution in [3.8, 4) is 0 Å². The van der Waals surface area contributed by atoms with Crippen LogP contribution in [0.1, 0.15) is 20.8 Å². The highest BCUT2D eigenvalue weighted by molar-refractivity contribution is 5.89. The minimum Gasteiger partial charge on any atom is -0.444 e. The van der Waals surface area contributed by atoms with E-state index in [-0.39, 0.29) is 5.43 Å². The Bertz CT molecular complexity index is 668. The van der Waals surface area contributed by atoms with Crippen molar-refractivity contribution in [1.82, 2.24) is 4.98 Å². The molecule has 0 atom stereocenters. The van der Waals surface area contributed by atoms with E-state index in [1.54, 1.807) is 45.2 Å². The number of hydrogen-bond donors (Lipinski definition) is 2. The standard InChI is InChI=1S/C14H16N2O3/c1-14(2,3)19-13(18)16-9-4-5-11-10(8-9)12(17)6-7-15-11/h4-8H,1-3H3,(H,15,17)(H,16,18). The average molecular weight is 260 g/mol. The van der Waals surface area contributed by atoms with Crippen LogP contribution in [0.3, 0.4) is 0 Å². The van der Waals surface area contributed by atoms with Gasteiger partial charge in [0, 0.05) is 28.9 Å². The molecule has 0 saturated heterocycles. The number of H-pyrrole nitrogens is 1. The summed E-state index contributed by atoms with van der Waals surface area (Å²) < 4.78 is 5.15. The molecule has 5 heteroatoms. The zero-order valence-corrected chi connectivity index (χ0v) is 11.1. The molecule has 0 unspecified atom stereocenters. The van der Waals surface area contributed by atoms with Gasteiger partial charge in [-0.05, 0) is 39.0 Å². The summed E-state index contributed by atoms with van der Waals surface area (Å²) in [7, 11) is 0. The van der Waals surface area contributed by atoms with E-state index in [0.29, 0.717) is 11.1 Å². The van der Waals surface area contributed by atoms with E-state index in [1.807, 2.05) is 0 Å². The molecule has 0 saturated carbocycles. The highest BCUT2D eigenvalue weighted by Crippen LogP contribution is 2.16. The fraction of sp³-hybridized carbons (Fsp3) is 0.286. The van der Waals surface area contributed by atoms with Gasteiger partial charge in [-0.2, -0.15) is 0 Å². The first-order valence-electron chi connectivity index (χ1n) is 5.97. The maximum Gasteiger partial charge on any atom is 0.412 e. The Kier molecular flexibility index (Phi) is 3.29.